The summed E-state index contributed by atoms with van der Waals surface area (Å²) in [6, 6.07) is 14.5. The van der Waals surface area contributed by atoms with Gasteiger partial charge in [0.2, 0.25) is 0 Å². The molecule has 0 radical (unpaired) electrons. The summed E-state index contributed by atoms with van der Waals surface area (Å²) in [4.78, 5) is 11.9. The van der Waals surface area contributed by atoms with E-state index in [1.807, 2.05) is 24.3 Å². The van der Waals surface area contributed by atoms with Crippen molar-refractivity contribution in [1.82, 2.24) is 0 Å². The summed E-state index contributed by atoms with van der Waals surface area (Å²) in [7, 11) is 0. The quantitative estimate of drug-likeness (QED) is 0.486. The molecule has 0 spiro atoms. The third-order valence-electron chi connectivity index (χ3n) is 2.94. The van der Waals surface area contributed by atoms with Crippen LogP contribution < -0.4 is 0 Å². The van der Waals surface area contributed by atoms with E-state index in [2.05, 4.69) is 0 Å². The van der Waals surface area contributed by atoms with Gasteiger partial charge in [-0.3, -0.25) is 4.79 Å². The van der Waals surface area contributed by atoms with Crippen LogP contribution in [0.15, 0.2) is 54.6 Å². The predicted molar refractivity (Wildman–Crippen MR) is 90.2 cm³/mol. The van der Waals surface area contributed by atoms with E-state index in [4.69, 9.17) is 34.8 Å². The number of carbonyl (C=O) groups excluding carboxylic acids is 1. The Kier molecular flexibility index (Phi) is 5.86. The van der Waals surface area contributed by atoms with Crippen LogP contribution in [0.5, 0.6) is 0 Å². The molecule has 1 atom stereocenters. The highest BCUT2D eigenvalue weighted by atomic mass is 35.5. The topological polar surface area (TPSA) is 17.1 Å². The van der Waals surface area contributed by atoms with Crippen molar-refractivity contribution < 1.29 is 4.79 Å². The van der Waals surface area contributed by atoms with Crippen LogP contribution in [-0.4, -0.2) is 5.78 Å². The monoisotopic (exact) mass is 338 g/mol. The summed E-state index contributed by atoms with van der Waals surface area (Å²) in [5.74, 6) is -0.0279. The molecule has 0 aliphatic heterocycles. The average molecular weight is 340 g/mol. The van der Waals surface area contributed by atoms with Gasteiger partial charge in [-0.1, -0.05) is 53.5 Å². The maximum atomic E-state index is 11.9. The van der Waals surface area contributed by atoms with Gasteiger partial charge in [0, 0.05) is 16.5 Å². The van der Waals surface area contributed by atoms with E-state index >= 15 is 0 Å². The normalized spacial score (nSPS) is 12.5. The van der Waals surface area contributed by atoms with Crippen molar-refractivity contribution in [2.75, 3.05) is 0 Å². The minimum absolute atomic E-state index is 0.0279. The molecule has 0 aromatic heterocycles. The molecular weight excluding hydrogens is 327 g/mol. The van der Waals surface area contributed by atoms with Gasteiger partial charge in [-0.25, -0.2) is 0 Å². The smallest absolute Gasteiger partial charge is 0.157 e. The third kappa shape index (κ3) is 5.20. The van der Waals surface area contributed by atoms with Crippen molar-refractivity contribution >= 4 is 46.7 Å². The van der Waals surface area contributed by atoms with Crippen molar-refractivity contribution in [1.29, 1.82) is 0 Å². The van der Waals surface area contributed by atoms with E-state index in [9.17, 15) is 4.79 Å². The maximum absolute atomic E-state index is 11.9. The van der Waals surface area contributed by atoms with Crippen molar-refractivity contribution in [3.63, 3.8) is 0 Å². The first kappa shape index (κ1) is 16.1. The molecule has 0 bridgehead atoms. The second-order valence-corrected chi connectivity index (χ2v) is 5.97. The fourth-order valence-corrected chi connectivity index (χ4v) is 2.35. The van der Waals surface area contributed by atoms with Crippen LogP contribution in [0.3, 0.4) is 0 Å². The van der Waals surface area contributed by atoms with E-state index in [0.29, 0.717) is 10.0 Å². The van der Waals surface area contributed by atoms with E-state index in [1.165, 1.54) is 6.08 Å². The SMILES string of the molecule is O=C(C=Cc1ccc(Cl)cc1)CC(Cl)c1ccc(Cl)cc1. The molecule has 0 amide bonds. The number of carbonyl (C=O) groups is 1. The minimum atomic E-state index is -0.357. The van der Waals surface area contributed by atoms with E-state index < -0.39 is 0 Å². The summed E-state index contributed by atoms with van der Waals surface area (Å²) in [5, 5.41) is 0.961. The molecule has 2 aromatic rings. The number of alkyl halides is 1. The Balaban J connectivity index is 1.94. The molecule has 108 valence electrons. The zero-order chi connectivity index (χ0) is 15.2. The van der Waals surface area contributed by atoms with Crippen LogP contribution >= 0.6 is 34.8 Å². The van der Waals surface area contributed by atoms with Gasteiger partial charge >= 0.3 is 0 Å². The second-order valence-electron chi connectivity index (χ2n) is 4.57. The summed E-state index contributed by atoms with van der Waals surface area (Å²) < 4.78 is 0. The number of hydrogen-bond donors (Lipinski definition) is 0. The highest BCUT2D eigenvalue weighted by Gasteiger charge is 2.11. The highest BCUT2D eigenvalue weighted by molar-refractivity contribution is 6.31. The second kappa shape index (κ2) is 7.65. The minimum Gasteiger partial charge on any atom is -0.295 e. The lowest BCUT2D eigenvalue weighted by Gasteiger charge is -2.07. The lowest BCUT2D eigenvalue weighted by Crippen LogP contribution is -1.99. The van der Waals surface area contributed by atoms with Gasteiger partial charge in [-0.05, 0) is 41.5 Å². The van der Waals surface area contributed by atoms with Crippen molar-refractivity contribution in [3.8, 4) is 0 Å². The number of allylic oxidation sites excluding steroid dienone is 1. The van der Waals surface area contributed by atoms with E-state index in [-0.39, 0.29) is 17.6 Å². The van der Waals surface area contributed by atoms with Gasteiger partial charge in [0.05, 0.1) is 5.38 Å². The summed E-state index contributed by atoms with van der Waals surface area (Å²) in [5.41, 5.74) is 1.81. The molecule has 4 heteroatoms. The van der Waals surface area contributed by atoms with E-state index in [1.54, 1.807) is 30.3 Å². The molecule has 0 saturated carbocycles. The Morgan fingerprint density at radius 3 is 2.05 bits per heavy atom. The summed E-state index contributed by atoms with van der Waals surface area (Å²) >= 11 is 17.9. The number of rotatable bonds is 5. The van der Waals surface area contributed by atoms with Gasteiger partial charge in [0.15, 0.2) is 5.78 Å². The predicted octanol–water partition coefficient (Wildman–Crippen LogP) is 5.95. The Labute approximate surface area is 139 Å². The molecule has 0 saturated heterocycles. The van der Waals surface area contributed by atoms with Gasteiger partial charge < -0.3 is 0 Å². The first-order valence-corrected chi connectivity index (χ1v) is 7.60. The number of halogens is 3. The van der Waals surface area contributed by atoms with Gasteiger partial charge in [0.1, 0.15) is 0 Å². The lowest BCUT2D eigenvalue weighted by atomic mass is 10.1. The molecule has 0 aliphatic rings. The lowest BCUT2D eigenvalue weighted by molar-refractivity contribution is -0.114. The zero-order valence-electron chi connectivity index (χ0n) is 11.1. The van der Waals surface area contributed by atoms with E-state index in [0.717, 1.165) is 11.1 Å². The summed E-state index contributed by atoms with van der Waals surface area (Å²) in [6.07, 6.45) is 3.53. The highest BCUT2D eigenvalue weighted by Crippen LogP contribution is 2.26. The maximum Gasteiger partial charge on any atom is 0.157 e. The molecule has 1 nitrogen and oxygen atoms in total. The number of ketones is 1. The fourth-order valence-electron chi connectivity index (χ4n) is 1.80. The van der Waals surface area contributed by atoms with Gasteiger partial charge in [-0.15, -0.1) is 11.6 Å². The molecule has 0 fully saturated rings. The average Bonchev–Trinajstić information content (AvgIpc) is 2.47. The Morgan fingerprint density at radius 1 is 0.952 bits per heavy atom. The zero-order valence-corrected chi connectivity index (χ0v) is 13.4. The van der Waals surface area contributed by atoms with Gasteiger partial charge in [0.25, 0.3) is 0 Å². The molecule has 0 heterocycles. The van der Waals surface area contributed by atoms with Crippen LogP contribution in [0.4, 0.5) is 0 Å². The van der Waals surface area contributed by atoms with Crippen LogP contribution in [0.25, 0.3) is 6.08 Å². The number of hydrogen-bond acceptors (Lipinski definition) is 1. The van der Waals surface area contributed by atoms with Crippen molar-refractivity contribution in [2.45, 2.75) is 11.8 Å². The number of benzene rings is 2. The molecule has 1 unspecified atom stereocenters. The molecule has 0 aliphatic carbocycles. The van der Waals surface area contributed by atoms with Crippen LogP contribution in [-0.2, 0) is 4.79 Å². The first-order chi connectivity index (χ1) is 10.0. The Bertz CT molecular complexity index is 630. The first-order valence-electron chi connectivity index (χ1n) is 6.40. The van der Waals surface area contributed by atoms with Crippen molar-refractivity contribution in [3.05, 3.63) is 75.8 Å². The Morgan fingerprint density at radius 2 is 1.48 bits per heavy atom. The van der Waals surface area contributed by atoms with Crippen molar-refractivity contribution in [2.24, 2.45) is 0 Å². The van der Waals surface area contributed by atoms with Crippen LogP contribution in [0, 0.1) is 0 Å². The molecule has 0 N–H and O–H groups in total. The van der Waals surface area contributed by atoms with Gasteiger partial charge in [-0.2, -0.15) is 0 Å². The Hall–Kier alpha value is -1.28. The van der Waals surface area contributed by atoms with Crippen LogP contribution in [0.2, 0.25) is 10.0 Å². The largest absolute Gasteiger partial charge is 0.295 e. The standard InChI is InChI=1S/C17H13Cl3O/c18-14-6-1-12(2-7-14)3-10-16(21)11-17(20)13-4-8-15(19)9-5-13/h1-10,17H,11H2. The molecule has 21 heavy (non-hydrogen) atoms. The van der Waals surface area contributed by atoms with Crippen LogP contribution in [0.1, 0.15) is 22.9 Å². The summed E-state index contributed by atoms with van der Waals surface area (Å²) in [6.45, 7) is 0. The third-order valence-corrected chi connectivity index (χ3v) is 3.85. The molecular formula is C17H13Cl3O. The fraction of sp³-hybridized carbons (Fsp3) is 0.118. The molecule has 2 aromatic carbocycles. The molecule has 2 rings (SSSR count).